The molecule has 1 fully saturated rings. The van der Waals surface area contributed by atoms with Gasteiger partial charge in [-0.25, -0.2) is 4.79 Å². The van der Waals surface area contributed by atoms with E-state index in [1.165, 1.54) is 0 Å². The van der Waals surface area contributed by atoms with Crippen LogP contribution in [0, 0.1) is 17.2 Å². The van der Waals surface area contributed by atoms with E-state index in [1.54, 1.807) is 12.1 Å². The van der Waals surface area contributed by atoms with Gasteiger partial charge in [-0.05, 0) is 31.4 Å². The van der Waals surface area contributed by atoms with E-state index in [4.69, 9.17) is 10.00 Å². The van der Waals surface area contributed by atoms with Crippen LogP contribution < -0.4 is 0 Å². The van der Waals surface area contributed by atoms with Crippen LogP contribution in [-0.4, -0.2) is 12.1 Å². The van der Waals surface area contributed by atoms with E-state index in [0.29, 0.717) is 12.0 Å². The van der Waals surface area contributed by atoms with Gasteiger partial charge < -0.3 is 4.74 Å². The molecule has 2 atom stereocenters. The highest BCUT2D eigenvalue weighted by molar-refractivity contribution is 5.89. The second-order valence-electron chi connectivity index (χ2n) is 4.39. The molecule has 3 nitrogen and oxygen atoms in total. The number of carbonyl (C=O) groups excluding carboxylic acids is 1. The molecule has 0 aliphatic heterocycles. The summed E-state index contributed by atoms with van der Waals surface area (Å²) in [7, 11) is 0. The summed E-state index contributed by atoms with van der Waals surface area (Å²) in [5, 5.41) is 8.87. The number of benzene rings is 1. The van der Waals surface area contributed by atoms with E-state index in [1.807, 2.05) is 18.2 Å². The zero-order chi connectivity index (χ0) is 12.1. The van der Waals surface area contributed by atoms with Gasteiger partial charge in [0.2, 0.25) is 0 Å². The molecule has 0 spiro atoms. The van der Waals surface area contributed by atoms with Crippen molar-refractivity contribution in [3.05, 3.63) is 35.9 Å². The topological polar surface area (TPSA) is 50.1 Å². The lowest BCUT2D eigenvalue weighted by Gasteiger charge is -2.25. The summed E-state index contributed by atoms with van der Waals surface area (Å²) in [6.45, 7) is 0. The molecule has 0 saturated heterocycles. The molecule has 0 amide bonds. The van der Waals surface area contributed by atoms with Crippen molar-refractivity contribution in [3.8, 4) is 6.07 Å². The van der Waals surface area contributed by atoms with E-state index in [0.717, 1.165) is 19.3 Å². The van der Waals surface area contributed by atoms with Gasteiger partial charge in [0.1, 0.15) is 6.10 Å². The van der Waals surface area contributed by atoms with Crippen LogP contribution in [0.3, 0.4) is 0 Å². The van der Waals surface area contributed by atoms with Crippen LogP contribution in [0.25, 0.3) is 0 Å². The third-order valence-corrected chi connectivity index (χ3v) is 3.09. The highest BCUT2D eigenvalue weighted by Gasteiger charge is 2.24. The minimum absolute atomic E-state index is 0.0392. The molecular formula is C14H15NO2. The van der Waals surface area contributed by atoms with Crippen molar-refractivity contribution in [2.45, 2.75) is 31.8 Å². The van der Waals surface area contributed by atoms with Gasteiger partial charge in [-0.3, -0.25) is 0 Å². The highest BCUT2D eigenvalue weighted by Crippen LogP contribution is 2.26. The minimum Gasteiger partial charge on any atom is -0.459 e. The lowest BCUT2D eigenvalue weighted by atomic mass is 9.88. The predicted molar refractivity (Wildman–Crippen MR) is 63.2 cm³/mol. The Labute approximate surface area is 101 Å². The summed E-state index contributed by atoms with van der Waals surface area (Å²) >= 11 is 0. The van der Waals surface area contributed by atoms with Crippen molar-refractivity contribution < 1.29 is 9.53 Å². The molecule has 0 radical (unpaired) electrons. The van der Waals surface area contributed by atoms with Crippen molar-refractivity contribution in [3.63, 3.8) is 0 Å². The van der Waals surface area contributed by atoms with Crippen LogP contribution in [0.2, 0.25) is 0 Å². The van der Waals surface area contributed by atoms with E-state index >= 15 is 0 Å². The fourth-order valence-electron chi connectivity index (χ4n) is 2.16. The molecule has 88 valence electrons. The standard InChI is InChI=1S/C14H15NO2/c15-10-11-5-4-8-13(9-11)17-14(16)12-6-2-1-3-7-12/h1-3,6-7,11,13H,4-5,8-9H2. The van der Waals surface area contributed by atoms with Gasteiger partial charge in [-0.2, -0.15) is 5.26 Å². The number of esters is 1. The Morgan fingerprint density at radius 1 is 1.29 bits per heavy atom. The Balaban J connectivity index is 1.93. The van der Waals surface area contributed by atoms with E-state index in [-0.39, 0.29) is 18.0 Å². The molecule has 1 saturated carbocycles. The first kappa shape index (κ1) is 11.7. The maximum Gasteiger partial charge on any atom is 0.338 e. The van der Waals surface area contributed by atoms with Gasteiger partial charge in [-0.1, -0.05) is 18.2 Å². The predicted octanol–water partition coefficient (Wildman–Crippen LogP) is 2.93. The van der Waals surface area contributed by atoms with Gasteiger partial charge in [0.05, 0.1) is 11.6 Å². The van der Waals surface area contributed by atoms with Crippen LogP contribution in [0.15, 0.2) is 30.3 Å². The third kappa shape index (κ3) is 3.07. The summed E-state index contributed by atoms with van der Waals surface area (Å²) in [6, 6.07) is 11.2. The second-order valence-corrected chi connectivity index (χ2v) is 4.39. The normalized spacial score (nSPS) is 23.7. The molecule has 1 aromatic rings. The first-order chi connectivity index (χ1) is 8.29. The lowest BCUT2D eigenvalue weighted by molar-refractivity contribution is 0.0175. The van der Waals surface area contributed by atoms with E-state index < -0.39 is 0 Å². The van der Waals surface area contributed by atoms with E-state index in [9.17, 15) is 4.79 Å². The Hall–Kier alpha value is -1.82. The molecule has 0 heterocycles. The molecule has 0 bridgehead atoms. The third-order valence-electron chi connectivity index (χ3n) is 3.09. The molecule has 0 N–H and O–H groups in total. The van der Waals surface area contributed by atoms with Crippen LogP contribution >= 0.6 is 0 Å². The smallest absolute Gasteiger partial charge is 0.338 e. The Kier molecular flexibility index (Phi) is 3.77. The molecule has 1 aliphatic rings. The average Bonchev–Trinajstić information content (AvgIpc) is 2.40. The highest BCUT2D eigenvalue weighted by atomic mass is 16.5. The van der Waals surface area contributed by atoms with Crippen LogP contribution in [0.1, 0.15) is 36.0 Å². The van der Waals surface area contributed by atoms with Gasteiger partial charge in [0.15, 0.2) is 0 Å². The minimum atomic E-state index is -0.283. The number of rotatable bonds is 2. The SMILES string of the molecule is N#CC1CCCC(OC(=O)c2ccccc2)C1. The summed E-state index contributed by atoms with van der Waals surface area (Å²) < 4.78 is 5.42. The van der Waals surface area contributed by atoms with Crippen molar-refractivity contribution in [1.29, 1.82) is 5.26 Å². The molecule has 0 aromatic heterocycles. The summed E-state index contributed by atoms with van der Waals surface area (Å²) in [5.41, 5.74) is 0.576. The van der Waals surface area contributed by atoms with Crippen molar-refractivity contribution in [2.75, 3.05) is 0 Å². The monoisotopic (exact) mass is 229 g/mol. The number of hydrogen-bond donors (Lipinski definition) is 0. The summed E-state index contributed by atoms with van der Waals surface area (Å²) in [5.74, 6) is -0.244. The molecule has 3 heteroatoms. The maximum atomic E-state index is 11.8. The fourth-order valence-corrected chi connectivity index (χ4v) is 2.16. The zero-order valence-corrected chi connectivity index (χ0v) is 9.63. The largest absolute Gasteiger partial charge is 0.459 e. The number of carbonyl (C=O) groups is 1. The quantitative estimate of drug-likeness (QED) is 0.732. The lowest BCUT2D eigenvalue weighted by Crippen LogP contribution is -2.25. The number of nitriles is 1. The molecule has 1 aliphatic carbocycles. The first-order valence-corrected chi connectivity index (χ1v) is 5.95. The Morgan fingerprint density at radius 3 is 2.76 bits per heavy atom. The van der Waals surface area contributed by atoms with Gasteiger partial charge in [0.25, 0.3) is 0 Å². The Bertz CT molecular complexity index is 422. The summed E-state index contributed by atoms with van der Waals surface area (Å²) in [6.07, 6.45) is 3.34. The Morgan fingerprint density at radius 2 is 2.06 bits per heavy atom. The molecule has 1 aromatic carbocycles. The maximum absolute atomic E-state index is 11.8. The first-order valence-electron chi connectivity index (χ1n) is 5.95. The molecule has 2 unspecified atom stereocenters. The van der Waals surface area contributed by atoms with Gasteiger partial charge in [-0.15, -0.1) is 0 Å². The molecule has 2 rings (SSSR count). The zero-order valence-electron chi connectivity index (χ0n) is 9.63. The van der Waals surface area contributed by atoms with Crippen molar-refractivity contribution in [1.82, 2.24) is 0 Å². The van der Waals surface area contributed by atoms with Crippen molar-refractivity contribution in [2.24, 2.45) is 5.92 Å². The fraction of sp³-hybridized carbons (Fsp3) is 0.429. The number of hydrogen-bond acceptors (Lipinski definition) is 3. The number of ether oxygens (including phenoxy) is 1. The van der Waals surface area contributed by atoms with Gasteiger partial charge >= 0.3 is 5.97 Å². The molecular weight excluding hydrogens is 214 g/mol. The summed E-state index contributed by atoms with van der Waals surface area (Å²) in [4.78, 5) is 11.8. The number of nitrogens with zero attached hydrogens (tertiary/aromatic N) is 1. The average molecular weight is 229 g/mol. The van der Waals surface area contributed by atoms with Gasteiger partial charge in [0, 0.05) is 12.3 Å². The van der Waals surface area contributed by atoms with Crippen LogP contribution in [0.4, 0.5) is 0 Å². The van der Waals surface area contributed by atoms with Crippen molar-refractivity contribution >= 4 is 5.97 Å². The van der Waals surface area contributed by atoms with E-state index in [2.05, 4.69) is 6.07 Å². The molecule has 17 heavy (non-hydrogen) atoms. The van der Waals surface area contributed by atoms with Crippen LogP contribution in [-0.2, 0) is 4.74 Å². The van der Waals surface area contributed by atoms with Crippen LogP contribution in [0.5, 0.6) is 0 Å². The second kappa shape index (κ2) is 5.49.